The number of nitrogens with zero attached hydrogens (tertiary/aromatic N) is 2. The van der Waals surface area contributed by atoms with Crippen molar-refractivity contribution in [1.82, 2.24) is 9.97 Å². The van der Waals surface area contributed by atoms with Crippen LogP contribution in [-0.4, -0.2) is 34.4 Å². The summed E-state index contributed by atoms with van der Waals surface area (Å²) in [6.45, 7) is 5.65. The number of hydrogen-bond acceptors (Lipinski definition) is 5. The van der Waals surface area contributed by atoms with Crippen LogP contribution in [0, 0.1) is 0 Å². The molecule has 0 spiro atoms. The van der Waals surface area contributed by atoms with Gasteiger partial charge in [-0.1, -0.05) is 83.8 Å². The lowest BCUT2D eigenvalue weighted by molar-refractivity contribution is -0.147. The monoisotopic (exact) mass is 580 g/mol. The van der Waals surface area contributed by atoms with Crippen LogP contribution in [0.15, 0.2) is 60.9 Å². The smallest absolute Gasteiger partial charge is 0.348 e. The molecular formula is C35H46F2N2O3. The quantitative estimate of drug-likeness (QED) is 0.0802. The molecule has 0 aliphatic heterocycles. The minimum absolute atomic E-state index is 0.0581. The molecule has 1 aromatic heterocycles. The van der Waals surface area contributed by atoms with Gasteiger partial charge in [-0.2, -0.15) is 0 Å². The molecule has 0 saturated carbocycles. The first-order chi connectivity index (χ1) is 20.3. The summed E-state index contributed by atoms with van der Waals surface area (Å²) in [4.78, 5) is 21.4. The summed E-state index contributed by atoms with van der Waals surface area (Å²) in [5.41, 5.74) is 0.448. The van der Waals surface area contributed by atoms with E-state index in [0.717, 1.165) is 55.2 Å². The third-order valence-electron chi connectivity index (χ3n) is 7.39. The van der Waals surface area contributed by atoms with Gasteiger partial charge in [0.15, 0.2) is 5.82 Å². The first-order valence-corrected chi connectivity index (χ1v) is 15.5. The van der Waals surface area contributed by atoms with E-state index < -0.39 is 17.8 Å². The summed E-state index contributed by atoms with van der Waals surface area (Å²) in [6.07, 6.45) is 13.6. The number of alkyl halides is 2. The molecule has 42 heavy (non-hydrogen) atoms. The van der Waals surface area contributed by atoms with Crippen LogP contribution >= 0.6 is 0 Å². The van der Waals surface area contributed by atoms with Gasteiger partial charge in [-0.15, -0.1) is 0 Å². The van der Waals surface area contributed by atoms with Crippen molar-refractivity contribution in [2.75, 3.05) is 6.61 Å². The maximum absolute atomic E-state index is 14.9. The molecule has 2 atom stereocenters. The molecule has 0 N–H and O–H groups in total. The highest BCUT2D eigenvalue weighted by molar-refractivity contribution is 5.81. The maximum Gasteiger partial charge on any atom is 0.348 e. The van der Waals surface area contributed by atoms with E-state index in [0.29, 0.717) is 30.2 Å². The number of aromatic nitrogens is 2. The standard InChI is InChI=1S/C35H46F2N2O3/c1-4-6-8-10-12-14-30(36)26-41-31-19-17-28(18-20-31)33-38-24-29(25-39-33)27-15-21-32(22-16-27)42-34(40)35(3,37)23-13-11-9-7-5-2/h15-22,24-25,30H,4-14,23,26H2,1-3H3/t30-,35-/m0/s1. The van der Waals surface area contributed by atoms with Gasteiger partial charge in [-0.25, -0.2) is 23.5 Å². The first kappa shape index (κ1) is 33.2. The number of esters is 1. The Balaban J connectivity index is 1.47. The van der Waals surface area contributed by atoms with E-state index in [1.54, 1.807) is 48.8 Å². The fraction of sp³-hybridized carbons (Fsp3) is 0.514. The van der Waals surface area contributed by atoms with Crippen LogP contribution in [0.5, 0.6) is 11.5 Å². The molecule has 1 heterocycles. The minimum Gasteiger partial charge on any atom is -0.491 e. The number of unbranched alkanes of at least 4 members (excludes halogenated alkanes) is 8. The minimum atomic E-state index is -2.01. The zero-order valence-corrected chi connectivity index (χ0v) is 25.4. The second-order valence-corrected chi connectivity index (χ2v) is 11.2. The van der Waals surface area contributed by atoms with Crippen molar-refractivity contribution in [3.8, 4) is 34.0 Å². The van der Waals surface area contributed by atoms with E-state index in [4.69, 9.17) is 9.47 Å². The van der Waals surface area contributed by atoms with E-state index >= 15 is 0 Å². The molecule has 5 nitrogen and oxygen atoms in total. The Bertz CT molecular complexity index is 1180. The number of rotatable bonds is 19. The predicted molar refractivity (Wildman–Crippen MR) is 165 cm³/mol. The van der Waals surface area contributed by atoms with Crippen LogP contribution in [0.1, 0.15) is 97.8 Å². The topological polar surface area (TPSA) is 61.3 Å². The molecule has 0 amide bonds. The number of carbonyl (C=O) groups excluding carboxylic acids is 1. The van der Waals surface area contributed by atoms with Crippen LogP contribution in [-0.2, 0) is 4.79 Å². The summed E-state index contributed by atoms with van der Waals surface area (Å²) >= 11 is 0. The average Bonchev–Trinajstić information content (AvgIpc) is 3.00. The fourth-order valence-electron chi connectivity index (χ4n) is 4.66. The summed E-state index contributed by atoms with van der Waals surface area (Å²) < 4.78 is 39.9. The summed E-state index contributed by atoms with van der Waals surface area (Å²) in [5, 5.41) is 0. The van der Waals surface area contributed by atoms with Crippen molar-refractivity contribution < 1.29 is 23.0 Å². The number of halogens is 2. The Morgan fingerprint density at radius 1 is 0.762 bits per heavy atom. The number of ether oxygens (including phenoxy) is 2. The van der Waals surface area contributed by atoms with Crippen molar-refractivity contribution in [3.05, 3.63) is 60.9 Å². The molecule has 0 radical (unpaired) electrons. The molecule has 3 aromatic rings. The predicted octanol–water partition coefficient (Wildman–Crippen LogP) is 9.88. The van der Waals surface area contributed by atoms with Crippen molar-refractivity contribution >= 4 is 5.97 Å². The lowest BCUT2D eigenvalue weighted by atomic mass is 9.99. The van der Waals surface area contributed by atoms with Gasteiger partial charge < -0.3 is 9.47 Å². The highest BCUT2D eigenvalue weighted by Gasteiger charge is 2.34. The van der Waals surface area contributed by atoms with Crippen molar-refractivity contribution in [2.24, 2.45) is 0 Å². The molecule has 0 bridgehead atoms. The largest absolute Gasteiger partial charge is 0.491 e. The van der Waals surface area contributed by atoms with Gasteiger partial charge in [0.25, 0.3) is 0 Å². The fourth-order valence-corrected chi connectivity index (χ4v) is 4.66. The van der Waals surface area contributed by atoms with E-state index in [9.17, 15) is 13.6 Å². The van der Waals surface area contributed by atoms with Crippen molar-refractivity contribution in [1.29, 1.82) is 0 Å². The van der Waals surface area contributed by atoms with Gasteiger partial charge in [-0.3, -0.25) is 0 Å². The first-order valence-electron chi connectivity index (χ1n) is 15.5. The van der Waals surface area contributed by atoms with Crippen molar-refractivity contribution in [2.45, 2.75) is 110 Å². The molecule has 3 rings (SSSR count). The summed E-state index contributed by atoms with van der Waals surface area (Å²) in [6, 6.07) is 14.2. The van der Waals surface area contributed by atoms with Gasteiger partial charge in [0.05, 0.1) is 0 Å². The molecule has 0 fully saturated rings. The molecule has 2 aromatic carbocycles. The zero-order chi connectivity index (χ0) is 30.2. The molecule has 0 saturated heterocycles. The van der Waals surface area contributed by atoms with Gasteiger partial charge in [-0.05, 0) is 68.1 Å². The van der Waals surface area contributed by atoms with Gasteiger partial charge >= 0.3 is 5.97 Å². The van der Waals surface area contributed by atoms with Crippen LogP contribution in [0.25, 0.3) is 22.5 Å². The third-order valence-corrected chi connectivity index (χ3v) is 7.39. The molecule has 0 unspecified atom stereocenters. The van der Waals surface area contributed by atoms with E-state index in [1.807, 2.05) is 12.1 Å². The Kier molecular flexibility index (Phi) is 13.9. The molecular weight excluding hydrogens is 534 g/mol. The number of carbonyl (C=O) groups is 1. The maximum atomic E-state index is 14.9. The molecule has 228 valence electrons. The Morgan fingerprint density at radius 3 is 1.93 bits per heavy atom. The SMILES string of the molecule is CCCCCCC[C@H](F)COc1ccc(-c2ncc(-c3ccc(OC(=O)[C@@](C)(F)CCCCCCC)cc3)cn2)cc1. The Morgan fingerprint density at radius 2 is 1.31 bits per heavy atom. The van der Waals surface area contributed by atoms with E-state index in [1.165, 1.54) is 26.2 Å². The second-order valence-electron chi connectivity index (χ2n) is 11.2. The van der Waals surface area contributed by atoms with Gasteiger partial charge in [0.1, 0.15) is 24.3 Å². The van der Waals surface area contributed by atoms with E-state index in [-0.39, 0.29) is 13.0 Å². The highest BCUT2D eigenvalue weighted by Crippen LogP contribution is 2.27. The Hall–Kier alpha value is -3.35. The average molecular weight is 581 g/mol. The summed E-state index contributed by atoms with van der Waals surface area (Å²) in [5.74, 6) is 0.606. The molecule has 0 aliphatic rings. The normalized spacial score (nSPS) is 13.4. The number of benzene rings is 2. The molecule has 7 heteroatoms. The number of hydrogen-bond donors (Lipinski definition) is 0. The van der Waals surface area contributed by atoms with Crippen LogP contribution < -0.4 is 9.47 Å². The zero-order valence-electron chi connectivity index (χ0n) is 25.4. The molecule has 0 aliphatic carbocycles. The summed E-state index contributed by atoms with van der Waals surface area (Å²) in [7, 11) is 0. The highest BCUT2D eigenvalue weighted by atomic mass is 19.1. The van der Waals surface area contributed by atoms with E-state index in [2.05, 4.69) is 23.8 Å². The van der Waals surface area contributed by atoms with Gasteiger partial charge in [0.2, 0.25) is 5.67 Å². The third kappa shape index (κ3) is 11.1. The lowest BCUT2D eigenvalue weighted by Gasteiger charge is -2.18. The lowest BCUT2D eigenvalue weighted by Crippen LogP contribution is -2.34. The van der Waals surface area contributed by atoms with Crippen LogP contribution in [0.4, 0.5) is 8.78 Å². The van der Waals surface area contributed by atoms with Crippen molar-refractivity contribution in [3.63, 3.8) is 0 Å². The van der Waals surface area contributed by atoms with Gasteiger partial charge in [0, 0.05) is 23.5 Å². The van der Waals surface area contributed by atoms with Crippen LogP contribution in [0.2, 0.25) is 0 Å². The Labute approximate surface area is 250 Å². The second kappa shape index (κ2) is 17.6. The van der Waals surface area contributed by atoms with Crippen LogP contribution in [0.3, 0.4) is 0 Å².